The topological polar surface area (TPSA) is 36.4 Å². The van der Waals surface area contributed by atoms with Gasteiger partial charge in [0.15, 0.2) is 0 Å². The van der Waals surface area contributed by atoms with Gasteiger partial charge in [0, 0.05) is 24.4 Å². The van der Waals surface area contributed by atoms with Gasteiger partial charge in [-0.1, -0.05) is 19.9 Å². The lowest BCUT2D eigenvalue weighted by molar-refractivity contribution is -0.0126. The van der Waals surface area contributed by atoms with Crippen LogP contribution in [0.3, 0.4) is 0 Å². The number of nitrogens with zero attached hydrogens (tertiary/aromatic N) is 2. The minimum Gasteiger partial charge on any atom is -0.391 e. The molecule has 0 amide bonds. The quantitative estimate of drug-likeness (QED) is 0.822. The summed E-state index contributed by atoms with van der Waals surface area (Å²) in [5.74, 6) is 0. The highest BCUT2D eigenvalue weighted by Gasteiger charge is 2.36. The molecule has 0 aliphatic rings. The molecule has 0 aliphatic heterocycles. The Morgan fingerprint density at radius 2 is 2.00 bits per heavy atom. The predicted molar refractivity (Wildman–Crippen MR) is 70.9 cm³/mol. The van der Waals surface area contributed by atoms with Crippen molar-refractivity contribution in [2.45, 2.75) is 44.8 Å². The van der Waals surface area contributed by atoms with Gasteiger partial charge in [0.25, 0.3) is 0 Å². The SMILES string of the molecule is CCC(CC)(C(O)Cc1cccnc1)N(C)C. The molecule has 0 saturated carbocycles. The number of likely N-dealkylation sites (N-methyl/N-ethyl adjacent to an activating group) is 1. The first-order chi connectivity index (χ1) is 8.06. The minimum atomic E-state index is -0.364. The van der Waals surface area contributed by atoms with Crippen molar-refractivity contribution in [3.8, 4) is 0 Å². The monoisotopic (exact) mass is 236 g/mol. The zero-order valence-corrected chi connectivity index (χ0v) is 11.3. The molecule has 17 heavy (non-hydrogen) atoms. The molecule has 3 heteroatoms. The molecular formula is C14H24N2O. The number of hydrogen-bond donors (Lipinski definition) is 1. The van der Waals surface area contributed by atoms with Crippen LogP contribution in [0.5, 0.6) is 0 Å². The molecule has 1 aromatic heterocycles. The van der Waals surface area contributed by atoms with Gasteiger partial charge < -0.3 is 10.0 Å². The van der Waals surface area contributed by atoms with Crippen LogP contribution in [0, 0.1) is 0 Å². The van der Waals surface area contributed by atoms with Crippen LogP contribution < -0.4 is 0 Å². The molecule has 1 heterocycles. The third-order valence-electron chi connectivity index (χ3n) is 3.89. The van der Waals surface area contributed by atoms with Crippen molar-refractivity contribution in [1.29, 1.82) is 0 Å². The molecule has 0 aliphatic carbocycles. The van der Waals surface area contributed by atoms with Crippen molar-refractivity contribution in [3.05, 3.63) is 30.1 Å². The number of hydrogen-bond acceptors (Lipinski definition) is 3. The smallest absolute Gasteiger partial charge is 0.0764 e. The summed E-state index contributed by atoms with van der Waals surface area (Å²) >= 11 is 0. The van der Waals surface area contributed by atoms with Crippen LogP contribution in [-0.4, -0.2) is 40.7 Å². The van der Waals surface area contributed by atoms with Gasteiger partial charge in [-0.05, 0) is 38.6 Å². The summed E-state index contributed by atoms with van der Waals surface area (Å²) in [7, 11) is 4.08. The van der Waals surface area contributed by atoms with Crippen molar-refractivity contribution in [1.82, 2.24) is 9.88 Å². The molecule has 0 saturated heterocycles. The summed E-state index contributed by atoms with van der Waals surface area (Å²) in [5.41, 5.74) is 0.948. The molecular weight excluding hydrogens is 212 g/mol. The van der Waals surface area contributed by atoms with Crippen molar-refractivity contribution in [3.63, 3.8) is 0 Å². The summed E-state index contributed by atoms with van der Waals surface area (Å²) < 4.78 is 0. The molecule has 0 fully saturated rings. The Morgan fingerprint density at radius 1 is 1.35 bits per heavy atom. The Bertz CT molecular complexity index is 320. The van der Waals surface area contributed by atoms with E-state index in [2.05, 4.69) is 23.7 Å². The molecule has 3 nitrogen and oxygen atoms in total. The highest BCUT2D eigenvalue weighted by molar-refractivity contribution is 5.12. The number of aromatic nitrogens is 1. The molecule has 96 valence electrons. The zero-order valence-electron chi connectivity index (χ0n) is 11.3. The third kappa shape index (κ3) is 3.05. The highest BCUT2D eigenvalue weighted by Crippen LogP contribution is 2.27. The fourth-order valence-corrected chi connectivity index (χ4v) is 2.58. The fraction of sp³-hybridized carbons (Fsp3) is 0.643. The number of aliphatic hydroxyl groups excluding tert-OH is 1. The van der Waals surface area contributed by atoms with E-state index in [0.717, 1.165) is 18.4 Å². The summed E-state index contributed by atoms with van der Waals surface area (Å²) in [5, 5.41) is 10.5. The summed E-state index contributed by atoms with van der Waals surface area (Å²) in [6, 6.07) is 3.93. The van der Waals surface area contributed by atoms with Gasteiger partial charge in [-0.15, -0.1) is 0 Å². The van der Waals surface area contributed by atoms with Crippen LogP contribution in [0.4, 0.5) is 0 Å². The van der Waals surface area contributed by atoms with Gasteiger partial charge in [-0.2, -0.15) is 0 Å². The largest absolute Gasteiger partial charge is 0.391 e. The average Bonchev–Trinajstić information content (AvgIpc) is 2.32. The number of rotatable bonds is 6. The second-order valence-electron chi connectivity index (χ2n) is 4.79. The number of aliphatic hydroxyl groups is 1. The molecule has 1 aromatic rings. The van der Waals surface area contributed by atoms with Crippen molar-refractivity contribution >= 4 is 0 Å². The van der Waals surface area contributed by atoms with Crippen LogP contribution in [0.2, 0.25) is 0 Å². The normalized spacial score (nSPS) is 14.0. The Hall–Kier alpha value is -0.930. The van der Waals surface area contributed by atoms with Crippen molar-refractivity contribution < 1.29 is 5.11 Å². The van der Waals surface area contributed by atoms with E-state index in [9.17, 15) is 5.11 Å². The molecule has 0 bridgehead atoms. The van der Waals surface area contributed by atoms with Crippen LogP contribution in [0.25, 0.3) is 0 Å². The molecule has 0 radical (unpaired) electrons. The molecule has 1 unspecified atom stereocenters. The van der Waals surface area contributed by atoms with E-state index in [1.807, 2.05) is 32.4 Å². The van der Waals surface area contributed by atoms with Gasteiger partial charge in [0.1, 0.15) is 0 Å². The molecule has 0 aromatic carbocycles. The molecule has 1 atom stereocenters. The lowest BCUT2D eigenvalue weighted by Gasteiger charge is -2.42. The third-order valence-corrected chi connectivity index (χ3v) is 3.89. The average molecular weight is 236 g/mol. The van der Waals surface area contributed by atoms with Crippen molar-refractivity contribution in [2.24, 2.45) is 0 Å². The maximum absolute atomic E-state index is 10.5. The Labute approximate surface area is 104 Å². The lowest BCUT2D eigenvalue weighted by atomic mass is 9.82. The lowest BCUT2D eigenvalue weighted by Crippen LogP contribution is -2.53. The van der Waals surface area contributed by atoms with E-state index in [1.54, 1.807) is 6.20 Å². The van der Waals surface area contributed by atoms with Gasteiger partial charge >= 0.3 is 0 Å². The van der Waals surface area contributed by atoms with Gasteiger partial charge in [0.05, 0.1) is 6.10 Å². The highest BCUT2D eigenvalue weighted by atomic mass is 16.3. The van der Waals surface area contributed by atoms with Crippen LogP contribution in [0.1, 0.15) is 32.3 Å². The Balaban J connectivity index is 2.83. The molecule has 0 spiro atoms. The Kier molecular flexibility index (Phi) is 5.09. The Morgan fingerprint density at radius 3 is 2.41 bits per heavy atom. The van der Waals surface area contributed by atoms with Crippen LogP contribution >= 0.6 is 0 Å². The van der Waals surface area contributed by atoms with E-state index < -0.39 is 0 Å². The first kappa shape index (κ1) is 14.1. The maximum atomic E-state index is 10.5. The standard InChI is InChI=1S/C14H24N2O/c1-5-14(6-2,16(3)4)13(17)10-12-8-7-9-15-11-12/h7-9,11,13,17H,5-6,10H2,1-4H3. The maximum Gasteiger partial charge on any atom is 0.0764 e. The summed E-state index contributed by atoms with van der Waals surface area (Å²) in [6.07, 6.45) is 5.77. The van der Waals surface area contributed by atoms with E-state index in [0.29, 0.717) is 6.42 Å². The van der Waals surface area contributed by atoms with Gasteiger partial charge in [0.2, 0.25) is 0 Å². The van der Waals surface area contributed by atoms with E-state index >= 15 is 0 Å². The van der Waals surface area contributed by atoms with E-state index in [-0.39, 0.29) is 11.6 Å². The number of pyridine rings is 1. The predicted octanol–water partition coefficient (Wildman–Crippen LogP) is 2.11. The second-order valence-corrected chi connectivity index (χ2v) is 4.79. The minimum absolute atomic E-state index is 0.143. The fourth-order valence-electron chi connectivity index (χ4n) is 2.58. The molecule has 1 rings (SSSR count). The van der Waals surface area contributed by atoms with Crippen LogP contribution in [0.15, 0.2) is 24.5 Å². The molecule has 1 N–H and O–H groups in total. The van der Waals surface area contributed by atoms with Crippen LogP contribution in [-0.2, 0) is 6.42 Å². The van der Waals surface area contributed by atoms with E-state index in [1.165, 1.54) is 0 Å². The van der Waals surface area contributed by atoms with E-state index in [4.69, 9.17) is 0 Å². The second kappa shape index (κ2) is 6.12. The summed E-state index contributed by atoms with van der Waals surface area (Å²) in [4.78, 5) is 6.24. The zero-order chi connectivity index (χ0) is 12.9. The summed E-state index contributed by atoms with van der Waals surface area (Å²) in [6.45, 7) is 4.27. The van der Waals surface area contributed by atoms with Crippen molar-refractivity contribution in [2.75, 3.05) is 14.1 Å². The first-order valence-corrected chi connectivity index (χ1v) is 6.31. The van der Waals surface area contributed by atoms with Gasteiger partial charge in [-0.25, -0.2) is 0 Å². The van der Waals surface area contributed by atoms with Gasteiger partial charge in [-0.3, -0.25) is 4.98 Å². The first-order valence-electron chi connectivity index (χ1n) is 6.31.